The minimum atomic E-state index is -1.13. The number of fused-ring (bicyclic) bond motifs is 1. The van der Waals surface area contributed by atoms with E-state index in [2.05, 4.69) is 10.3 Å². The van der Waals surface area contributed by atoms with Crippen LogP contribution in [0.1, 0.15) is 15.2 Å². The van der Waals surface area contributed by atoms with Crippen LogP contribution in [0.2, 0.25) is 0 Å². The Hall–Kier alpha value is -3.39. The second kappa shape index (κ2) is 6.97. The molecule has 0 spiro atoms. The second-order valence-electron chi connectivity index (χ2n) is 5.99. The van der Waals surface area contributed by atoms with Gasteiger partial charge in [0.1, 0.15) is 5.76 Å². The van der Waals surface area contributed by atoms with Gasteiger partial charge >= 0.3 is 0 Å². The molecule has 0 saturated carbocycles. The Labute approximate surface area is 161 Å². The third-order valence-electron chi connectivity index (χ3n) is 4.06. The first-order valence-corrected chi connectivity index (χ1v) is 9.01. The van der Waals surface area contributed by atoms with Crippen LogP contribution in [0.15, 0.2) is 57.9 Å². The van der Waals surface area contributed by atoms with Crippen LogP contribution in [-0.4, -0.2) is 10.9 Å². The maximum Gasteiger partial charge on any atom is 0.261 e. The van der Waals surface area contributed by atoms with E-state index in [-0.39, 0.29) is 27.9 Å². The molecule has 140 valence electrons. The Morgan fingerprint density at radius 2 is 1.96 bits per heavy atom. The number of amides is 1. The monoisotopic (exact) mass is 398 g/mol. The highest BCUT2D eigenvalue weighted by atomic mass is 32.1. The van der Waals surface area contributed by atoms with Gasteiger partial charge in [0.2, 0.25) is 0 Å². The number of halogens is 2. The number of hydrogen-bond acceptors (Lipinski definition) is 5. The summed E-state index contributed by atoms with van der Waals surface area (Å²) >= 11 is 1.30. The lowest BCUT2D eigenvalue weighted by molar-refractivity contribution is 0.102. The van der Waals surface area contributed by atoms with E-state index in [9.17, 15) is 18.4 Å². The normalized spacial score (nSPS) is 11.0. The number of para-hydroxylation sites is 1. The zero-order valence-corrected chi connectivity index (χ0v) is 15.3. The maximum absolute atomic E-state index is 14.1. The largest absolute Gasteiger partial charge is 0.455 e. The molecule has 0 aliphatic rings. The van der Waals surface area contributed by atoms with Crippen LogP contribution in [0.5, 0.6) is 0 Å². The molecule has 28 heavy (non-hydrogen) atoms. The number of thiazole rings is 1. The van der Waals surface area contributed by atoms with Gasteiger partial charge in [-0.05, 0) is 31.2 Å². The predicted octanol–water partition coefficient (Wildman–Crippen LogP) is 4.76. The minimum Gasteiger partial charge on any atom is -0.455 e. The molecule has 5 nitrogen and oxygen atoms in total. The summed E-state index contributed by atoms with van der Waals surface area (Å²) < 4.78 is 33.4. The number of benzene rings is 2. The quantitative estimate of drug-likeness (QED) is 0.540. The Balaban J connectivity index is 1.86. The van der Waals surface area contributed by atoms with E-state index in [0.717, 1.165) is 17.0 Å². The van der Waals surface area contributed by atoms with Gasteiger partial charge in [-0.2, -0.15) is 0 Å². The van der Waals surface area contributed by atoms with Gasteiger partial charge < -0.3 is 4.42 Å². The summed E-state index contributed by atoms with van der Waals surface area (Å²) in [6.07, 6.45) is 1.62. The average molecular weight is 398 g/mol. The first-order valence-electron chi connectivity index (χ1n) is 8.19. The summed E-state index contributed by atoms with van der Waals surface area (Å²) in [6, 6.07) is 9.16. The maximum atomic E-state index is 14.1. The summed E-state index contributed by atoms with van der Waals surface area (Å²) in [5, 5.41) is 3.20. The van der Waals surface area contributed by atoms with E-state index in [1.807, 2.05) is 6.92 Å². The fourth-order valence-electron chi connectivity index (χ4n) is 2.76. The lowest BCUT2D eigenvalue weighted by Gasteiger charge is -2.08. The number of aryl methyl sites for hydroxylation is 1. The van der Waals surface area contributed by atoms with E-state index in [0.29, 0.717) is 5.13 Å². The van der Waals surface area contributed by atoms with Crippen LogP contribution in [0, 0.1) is 18.6 Å². The van der Waals surface area contributed by atoms with Crippen molar-refractivity contribution in [2.45, 2.75) is 6.92 Å². The van der Waals surface area contributed by atoms with E-state index >= 15 is 0 Å². The summed E-state index contributed by atoms with van der Waals surface area (Å²) in [7, 11) is 0. The van der Waals surface area contributed by atoms with Crippen molar-refractivity contribution in [2.75, 3.05) is 5.32 Å². The highest BCUT2D eigenvalue weighted by molar-refractivity contribution is 7.15. The Bertz CT molecular complexity index is 1280. The molecule has 8 heteroatoms. The molecule has 1 amide bonds. The van der Waals surface area contributed by atoms with Crippen molar-refractivity contribution in [3.63, 3.8) is 0 Å². The van der Waals surface area contributed by atoms with Crippen molar-refractivity contribution < 1.29 is 18.0 Å². The Morgan fingerprint density at radius 1 is 1.18 bits per heavy atom. The van der Waals surface area contributed by atoms with Gasteiger partial charge in [0.15, 0.2) is 27.8 Å². The molecule has 0 atom stereocenters. The van der Waals surface area contributed by atoms with Crippen LogP contribution in [0.4, 0.5) is 13.9 Å². The molecule has 0 saturated heterocycles. The highest BCUT2D eigenvalue weighted by Crippen LogP contribution is 2.28. The standard InChI is InChI=1S/C20H12F2N2O3S/c1-10-9-23-20(28-10)24-19(26)13-6-2-4-11-15(25)8-16(27-18(11)13)12-5-3-7-14(21)17(12)22/h2-9H,1H3,(H,23,24,26). The van der Waals surface area contributed by atoms with Crippen molar-refractivity contribution in [3.05, 3.63) is 81.0 Å². The molecule has 0 unspecified atom stereocenters. The number of rotatable bonds is 3. The molecular weight excluding hydrogens is 386 g/mol. The van der Waals surface area contributed by atoms with E-state index < -0.39 is 23.0 Å². The van der Waals surface area contributed by atoms with Gasteiger partial charge in [0.25, 0.3) is 5.91 Å². The second-order valence-corrected chi connectivity index (χ2v) is 7.22. The predicted molar refractivity (Wildman–Crippen MR) is 103 cm³/mol. The van der Waals surface area contributed by atoms with Crippen molar-refractivity contribution in [3.8, 4) is 11.3 Å². The molecule has 4 aromatic rings. The summed E-state index contributed by atoms with van der Waals surface area (Å²) in [6.45, 7) is 1.85. The van der Waals surface area contributed by atoms with E-state index in [1.54, 1.807) is 12.3 Å². The number of nitrogens with zero attached hydrogens (tertiary/aromatic N) is 1. The van der Waals surface area contributed by atoms with Crippen molar-refractivity contribution in [1.82, 2.24) is 4.98 Å². The van der Waals surface area contributed by atoms with Gasteiger partial charge in [-0.15, -0.1) is 11.3 Å². The summed E-state index contributed by atoms with van der Waals surface area (Å²) in [5.41, 5.74) is -0.607. The van der Waals surface area contributed by atoms with E-state index in [4.69, 9.17) is 4.42 Å². The van der Waals surface area contributed by atoms with Crippen molar-refractivity contribution in [2.24, 2.45) is 0 Å². The number of aromatic nitrogens is 1. The first-order chi connectivity index (χ1) is 13.4. The average Bonchev–Trinajstić information content (AvgIpc) is 3.08. The van der Waals surface area contributed by atoms with Crippen molar-refractivity contribution >= 4 is 33.3 Å². The van der Waals surface area contributed by atoms with Crippen LogP contribution in [0.25, 0.3) is 22.3 Å². The molecule has 1 N–H and O–H groups in total. The molecule has 2 heterocycles. The first kappa shape index (κ1) is 18.0. The lowest BCUT2D eigenvalue weighted by atomic mass is 10.1. The minimum absolute atomic E-state index is 0.0144. The number of nitrogens with one attached hydrogen (secondary N) is 1. The molecular formula is C20H12F2N2O3S. The number of carbonyl (C=O) groups excluding carboxylic acids is 1. The number of anilines is 1. The third-order valence-corrected chi connectivity index (χ3v) is 4.89. The van der Waals surface area contributed by atoms with Crippen LogP contribution < -0.4 is 10.7 Å². The highest BCUT2D eigenvalue weighted by Gasteiger charge is 2.18. The fraction of sp³-hybridized carbons (Fsp3) is 0.0500. The molecule has 0 radical (unpaired) electrons. The molecule has 0 bridgehead atoms. The molecule has 2 aromatic heterocycles. The van der Waals surface area contributed by atoms with Gasteiger partial charge in [-0.1, -0.05) is 12.1 Å². The van der Waals surface area contributed by atoms with Crippen LogP contribution in [-0.2, 0) is 0 Å². The zero-order valence-electron chi connectivity index (χ0n) is 14.5. The van der Waals surface area contributed by atoms with Gasteiger partial charge in [0.05, 0.1) is 16.5 Å². The van der Waals surface area contributed by atoms with Gasteiger partial charge in [-0.3, -0.25) is 14.9 Å². The fourth-order valence-corrected chi connectivity index (χ4v) is 3.42. The van der Waals surface area contributed by atoms with E-state index in [1.165, 1.54) is 35.6 Å². The summed E-state index contributed by atoms with van der Waals surface area (Å²) in [4.78, 5) is 30.2. The van der Waals surface area contributed by atoms with Crippen LogP contribution in [0.3, 0.4) is 0 Å². The zero-order chi connectivity index (χ0) is 19.8. The van der Waals surface area contributed by atoms with Crippen molar-refractivity contribution in [1.29, 1.82) is 0 Å². The van der Waals surface area contributed by atoms with Gasteiger partial charge in [-0.25, -0.2) is 13.8 Å². The molecule has 0 aliphatic carbocycles. The topological polar surface area (TPSA) is 72.2 Å². The number of hydrogen-bond donors (Lipinski definition) is 1. The molecule has 2 aromatic carbocycles. The lowest BCUT2D eigenvalue weighted by Crippen LogP contribution is -2.13. The SMILES string of the molecule is Cc1cnc(NC(=O)c2cccc3c(=O)cc(-c4cccc(F)c4F)oc23)s1. The number of carbonyl (C=O) groups is 1. The molecule has 0 aliphatic heterocycles. The van der Waals surface area contributed by atoms with Crippen LogP contribution >= 0.6 is 11.3 Å². The smallest absolute Gasteiger partial charge is 0.261 e. The Morgan fingerprint density at radius 3 is 2.71 bits per heavy atom. The molecule has 0 fully saturated rings. The third kappa shape index (κ3) is 3.18. The summed E-state index contributed by atoms with van der Waals surface area (Å²) in [5.74, 6) is -2.89. The van der Waals surface area contributed by atoms with Gasteiger partial charge in [0, 0.05) is 17.1 Å². The Kier molecular flexibility index (Phi) is 4.48. The molecule has 4 rings (SSSR count).